The first-order valence-corrected chi connectivity index (χ1v) is 6.70. The number of carboxylic acids is 1. The largest absolute Gasteiger partial charge is 0.481 e. The fourth-order valence-electron chi connectivity index (χ4n) is 2.62. The van der Waals surface area contributed by atoms with Crippen LogP contribution < -0.4 is 0 Å². The number of rotatable bonds is 4. The molecule has 1 aliphatic rings. The Bertz CT molecular complexity index is 503. The highest BCUT2D eigenvalue weighted by Crippen LogP contribution is 2.38. The number of carbonyl (C=O) groups excluding carboxylic acids is 1. The first kappa shape index (κ1) is 13.9. The van der Waals surface area contributed by atoms with Crippen LogP contribution in [0.15, 0.2) is 24.3 Å². The van der Waals surface area contributed by atoms with Crippen molar-refractivity contribution in [2.45, 2.75) is 25.8 Å². The van der Waals surface area contributed by atoms with Crippen molar-refractivity contribution in [1.82, 2.24) is 4.90 Å². The molecule has 19 heavy (non-hydrogen) atoms. The fraction of sp³-hybridized carbons (Fsp3) is 0.429. The number of carboxylic acid groups (broad SMARTS) is 1. The Morgan fingerprint density at radius 3 is 2.84 bits per heavy atom. The van der Waals surface area contributed by atoms with Crippen molar-refractivity contribution in [2.75, 3.05) is 6.54 Å². The minimum absolute atomic E-state index is 0.0620. The van der Waals surface area contributed by atoms with Gasteiger partial charge in [-0.25, -0.2) is 0 Å². The predicted molar refractivity (Wildman–Crippen MR) is 71.9 cm³/mol. The van der Waals surface area contributed by atoms with Gasteiger partial charge in [0.15, 0.2) is 0 Å². The van der Waals surface area contributed by atoms with E-state index in [2.05, 4.69) is 0 Å². The van der Waals surface area contributed by atoms with E-state index in [1.807, 2.05) is 13.0 Å². The van der Waals surface area contributed by atoms with Crippen molar-refractivity contribution in [3.8, 4) is 0 Å². The maximum Gasteiger partial charge on any atom is 0.309 e. The summed E-state index contributed by atoms with van der Waals surface area (Å²) in [5.74, 6) is -1.73. The highest BCUT2D eigenvalue weighted by atomic mass is 35.5. The van der Waals surface area contributed by atoms with Crippen molar-refractivity contribution in [3.63, 3.8) is 0 Å². The zero-order valence-corrected chi connectivity index (χ0v) is 11.4. The third-order valence-corrected chi connectivity index (χ3v) is 3.64. The SMILES string of the molecule is CCCN1C(=O)CC(C(=O)O)C1c1cccc(Cl)c1. The van der Waals surface area contributed by atoms with Gasteiger partial charge in [-0.2, -0.15) is 0 Å². The van der Waals surface area contributed by atoms with Gasteiger partial charge in [-0.05, 0) is 24.1 Å². The first-order valence-electron chi connectivity index (χ1n) is 6.32. The highest BCUT2D eigenvalue weighted by molar-refractivity contribution is 6.30. The molecular formula is C14H16ClNO3. The molecule has 2 atom stereocenters. The van der Waals surface area contributed by atoms with E-state index in [0.717, 1.165) is 12.0 Å². The van der Waals surface area contributed by atoms with E-state index in [4.69, 9.17) is 11.6 Å². The molecule has 0 saturated carbocycles. The molecule has 1 N–H and O–H groups in total. The van der Waals surface area contributed by atoms with Crippen LogP contribution in [-0.2, 0) is 9.59 Å². The van der Waals surface area contributed by atoms with Crippen LogP contribution in [-0.4, -0.2) is 28.4 Å². The molecule has 5 heteroatoms. The smallest absolute Gasteiger partial charge is 0.309 e. The van der Waals surface area contributed by atoms with Crippen molar-refractivity contribution >= 4 is 23.5 Å². The van der Waals surface area contributed by atoms with Crippen molar-refractivity contribution in [3.05, 3.63) is 34.9 Å². The van der Waals surface area contributed by atoms with E-state index in [9.17, 15) is 14.7 Å². The molecule has 102 valence electrons. The molecule has 1 heterocycles. The quantitative estimate of drug-likeness (QED) is 0.923. The molecule has 0 bridgehead atoms. The fourth-order valence-corrected chi connectivity index (χ4v) is 2.82. The van der Waals surface area contributed by atoms with Crippen LogP contribution in [0, 0.1) is 5.92 Å². The van der Waals surface area contributed by atoms with E-state index in [1.54, 1.807) is 23.1 Å². The number of amides is 1. The topological polar surface area (TPSA) is 57.6 Å². The van der Waals surface area contributed by atoms with Crippen LogP contribution in [0.1, 0.15) is 31.4 Å². The Morgan fingerprint density at radius 1 is 1.53 bits per heavy atom. The summed E-state index contributed by atoms with van der Waals surface area (Å²) >= 11 is 5.96. The molecule has 2 unspecified atom stereocenters. The van der Waals surface area contributed by atoms with Gasteiger partial charge in [0.05, 0.1) is 12.0 Å². The summed E-state index contributed by atoms with van der Waals surface area (Å²) in [6.07, 6.45) is 0.863. The van der Waals surface area contributed by atoms with Crippen molar-refractivity contribution in [2.24, 2.45) is 5.92 Å². The maximum atomic E-state index is 12.0. The maximum absolute atomic E-state index is 12.0. The van der Waals surface area contributed by atoms with Gasteiger partial charge in [-0.15, -0.1) is 0 Å². The van der Waals surface area contributed by atoms with Crippen LogP contribution in [0.2, 0.25) is 5.02 Å². The zero-order chi connectivity index (χ0) is 14.0. The van der Waals surface area contributed by atoms with E-state index in [0.29, 0.717) is 11.6 Å². The number of halogens is 1. The van der Waals surface area contributed by atoms with Crippen LogP contribution in [0.25, 0.3) is 0 Å². The molecule has 1 aromatic rings. The Labute approximate surface area is 117 Å². The lowest BCUT2D eigenvalue weighted by Gasteiger charge is -2.27. The molecule has 0 spiro atoms. The first-order chi connectivity index (χ1) is 9.04. The normalized spacial score (nSPS) is 22.8. The average molecular weight is 282 g/mol. The van der Waals surface area contributed by atoms with E-state index in [-0.39, 0.29) is 12.3 Å². The molecule has 1 amide bonds. The molecule has 1 saturated heterocycles. The van der Waals surface area contributed by atoms with E-state index < -0.39 is 17.9 Å². The van der Waals surface area contributed by atoms with Crippen molar-refractivity contribution in [1.29, 1.82) is 0 Å². The van der Waals surface area contributed by atoms with Crippen LogP contribution >= 0.6 is 11.6 Å². The number of hydrogen-bond acceptors (Lipinski definition) is 2. The molecule has 1 aromatic carbocycles. The Hall–Kier alpha value is -1.55. The van der Waals surface area contributed by atoms with E-state index >= 15 is 0 Å². The molecule has 4 nitrogen and oxygen atoms in total. The van der Waals surface area contributed by atoms with Gasteiger partial charge in [-0.3, -0.25) is 9.59 Å². The summed E-state index contributed by atoms with van der Waals surface area (Å²) in [6.45, 7) is 2.54. The minimum atomic E-state index is -0.933. The minimum Gasteiger partial charge on any atom is -0.481 e. The number of nitrogens with zero attached hydrogens (tertiary/aromatic N) is 1. The molecule has 0 aromatic heterocycles. The molecule has 0 aliphatic carbocycles. The lowest BCUT2D eigenvalue weighted by Crippen LogP contribution is -2.31. The Morgan fingerprint density at radius 2 is 2.26 bits per heavy atom. The van der Waals surface area contributed by atoms with Gasteiger partial charge in [0.2, 0.25) is 5.91 Å². The second-order valence-electron chi connectivity index (χ2n) is 4.74. The summed E-state index contributed by atoms with van der Waals surface area (Å²) < 4.78 is 0. The van der Waals surface area contributed by atoms with Crippen molar-refractivity contribution < 1.29 is 14.7 Å². The van der Waals surface area contributed by atoms with Gasteiger partial charge in [0.1, 0.15) is 0 Å². The second kappa shape index (κ2) is 5.61. The third kappa shape index (κ3) is 2.73. The summed E-state index contributed by atoms with van der Waals surface area (Å²) in [6, 6.07) is 6.67. The Kier molecular flexibility index (Phi) is 4.10. The Balaban J connectivity index is 2.40. The average Bonchev–Trinajstić information content (AvgIpc) is 2.68. The van der Waals surface area contributed by atoms with Crippen LogP contribution in [0.3, 0.4) is 0 Å². The molecule has 2 rings (SSSR count). The third-order valence-electron chi connectivity index (χ3n) is 3.40. The number of carbonyl (C=O) groups is 2. The van der Waals surface area contributed by atoms with Gasteiger partial charge >= 0.3 is 5.97 Å². The van der Waals surface area contributed by atoms with E-state index in [1.165, 1.54) is 0 Å². The lowest BCUT2D eigenvalue weighted by atomic mass is 9.94. The number of aliphatic carboxylic acids is 1. The number of benzene rings is 1. The summed E-state index contributed by atoms with van der Waals surface area (Å²) in [7, 11) is 0. The molecule has 1 aliphatic heterocycles. The summed E-state index contributed by atoms with van der Waals surface area (Å²) in [4.78, 5) is 25.0. The van der Waals surface area contributed by atoms with Gasteiger partial charge < -0.3 is 10.0 Å². The summed E-state index contributed by atoms with van der Waals surface area (Å²) in [5, 5.41) is 9.86. The van der Waals surface area contributed by atoms with Crippen LogP contribution in [0.4, 0.5) is 0 Å². The van der Waals surface area contributed by atoms with Gasteiger partial charge in [-0.1, -0.05) is 30.7 Å². The number of likely N-dealkylation sites (tertiary alicyclic amines) is 1. The molecule has 0 radical (unpaired) electrons. The van der Waals surface area contributed by atoms with Gasteiger partial charge in [0, 0.05) is 18.0 Å². The lowest BCUT2D eigenvalue weighted by molar-refractivity contribution is -0.142. The standard InChI is InChI=1S/C14H16ClNO3/c1-2-6-16-12(17)8-11(14(18)19)13(16)9-4-3-5-10(15)7-9/h3-5,7,11,13H,2,6,8H2,1H3,(H,18,19). The monoisotopic (exact) mass is 281 g/mol. The molecular weight excluding hydrogens is 266 g/mol. The highest BCUT2D eigenvalue weighted by Gasteiger charge is 2.44. The molecule has 1 fully saturated rings. The predicted octanol–water partition coefficient (Wildman–Crippen LogP) is 2.72. The second-order valence-corrected chi connectivity index (χ2v) is 5.17. The van der Waals surface area contributed by atoms with Gasteiger partial charge in [0.25, 0.3) is 0 Å². The number of hydrogen-bond donors (Lipinski definition) is 1. The zero-order valence-electron chi connectivity index (χ0n) is 10.7. The van der Waals surface area contributed by atoms with Crippen LogP contribution in [0.5, 0.6) is 0 Å². The summed E-state index contributed by atoms with van der Waals surface area (Å²) in [5.41, 5.74) is 0.791.